The largest absolute Gasteiger partial charge is 0.326 e. The number of nitrogens with zero attached hydrogens (tertiary/aromatic N) is 1. The van der Waals surface area contributed by atoms with E-state index in [9.17, 15) is 17.6 Å². The zero-order chi connectivity index (χ0) is 15.7. The molecule has 22 heavy (non-hydrogen) atoms. The number of aryl methyl sites for hydroxylation is 1. The summed E-state index contributed by atoms with van der Waals surface area (Å²) in [5, 5.41) is 2.68. The molecular formula is C14H12FN3O3S. The lowest BCUT2D eigenvalue weighted by atomic mass is 10.0. The Morgan fingerprint density at radius 1 is 1.18 bits per heavy atom. The minimum absolute atomic E-state index is 0.0472. The maximum atomic E-state index is 13.1. The zero-order valence-corrected chi connectivity index (χ0v) is 12.2. The van der Waals surface area contributed by atoms with Crippen LogP contribution in [0.25, 0.3) is 0 Å². The SMILES string of the molecule is O=C1CCc2cc(S(=O)(=O)Nc3cncc(F)c3)ccc2N1. The molecule has 2 heterocycles. The predicted octanol–water partition coefficient (Wildman–Crippen LogP) is 1.91. The fourth-order valence-corrected chi connectivity index (χ4v) is 3.29. The van der Waals surface area contributed by atoms with E-state index in [-0.39, 0.29) is 16.5 Å². The molecule has 0 atom stereocenters. The topological polar surface area (TPSA) is 88.2 Å². The molecule has 2 N–H and O–H groups in total. The van der Waals surface area contributed by atoms with Gasteiger partial charge in [0.25, 0.3) is 10.0 Å². The summed E-state index contributed by atoms with van der Waals surface area (Å²) in [4.78, 5) is 14.9. The van der Waals surface area contributed by atoms with Crippen molar-refractivity contribution in [1.29, 1.82) is 0 Å². The molecule has 0 bridgehead atoms. The number of benzene rings is 1. The van der Waals surface area contributed by atoms with Gasteiger partial charge < -0.3 is 5.32 Å². The number of aromatic nitrogens is 1. The number of halogens is 1. The van der Waals surface area contributed by atoms with Crippen molar-refractivity contribution in [3.63, 3.8) is 0 Å². The molecule has 0 aliphatic carbocycles. The number of pyridine rings is 1. The Bertz CT molecular complexity index is 852. The Hall–Kier alpha value is -2.48. The lowest BCUT2D eigenvalue weighted by molar-refractivity contribution is -0.116. The van der Waals surface area contributed by atoms with E-state index in [1.54, 1.807) is 6.07 Å². The number of hydrogen-bond donors (Lipinski definition) is 2. The molecule has 1 amide bonds. The van der Waals surface area contributed by atoms with Crippen molar-refractivity contribution in [2.45, 2.75) is 17.7 Å². The maximum absolute atomic E-state index is 13.1. The molecule has 1 aromatic carbocycles. The highest BCUT2D eigenvalue weighted by molar-refractivity contribution is 7.92. The van der Waals surface area contributed by atoms with Crippen LogP contribution in [0.2, 0.25) is 0 Å². The number of carbonyl (C=O) groups excluding carboxylic acids is 1. The molecule has 0 spiro atoms. The number of sulfonamides is 1. The number of fused-ring (bicyclic) bond motifs is 1. The van der Waals surface area contributed by atoms with Gasteiger partial charge in [0.05, 0.1) is 23.0 Å². The Morgan fingerprint density at radius 3 is 2.77 bits per heavy atom. The van der Waals surface area contributed by atoms with Crippen LogP contribution < -0.4 is 10.0 Å². The summed E-state index contributed by atoms with van der Waals surface area (Å²) < 4.78 is 40.0. The quantitative estimate of drug-likeness (QED) is 0.904. The average molecular weight is 321 g/mol. The molecule has 2 aromatic rings. The molecule has 1 aliphatic heterocycles. The Balaban J connectivity index is 1.91. The van der Waals surface area contributed by atoms with Gasteiger partial charge >= 0.3 is 0 Å². The van der Waals surface area contributed by atoms with Gasteiger partial charge in [-0.15, -0.1) is 0 Å². The molecule has 6 nitrogen and oxygen atoms in total. The summed E-state index contributed by atoms with van der Waals surface area (Å²) in [6.45, 7) is 0. The van der Waals surface area contributed by atoms with Crippen LogP contribution in [0.5, 0.6) is 0 Å². The van der Waals surface area contributed by atoms with Gasteiger partial charge in [-0.25, -0.2) is 12.8 Å². The molecule has 0 radical (unpaired) electrons. The smallest absolute Gasteiger partial charge is 0.261 e. The van der Waals surface area contributed by atoms with Gasteiger partial charge in [0.1, 0.15) is 5.82 Å². The van der Waals surface area contributed by atoms with Gasteiger partial charge in [0.2, 0.25) is 5.91 Å². The summed E-state index contributed by atoms with van der Waals surface area (Å²) >= 11 is 0. The van der Waals surface area contributed by atoms with Crippen molar-refractivity contribution in [3.05, 3.63) is 48.0 Å². The number of carbonyl (C=O) groups is 1. The van der Waals surface area contributed by atoms with Crippen molar-refractivity contribution in [1.82, 2.24) is 4.98 Å². The van der Waals surface area contributed by atoms with Crippen LogP contribution >= 0.6 is 0 Å². The summed E-state index contributed by atoms with van der Waals surface area (Å²) in [7, 11) is -3.85. The average Bonchev–Trinajstić information content (AvgIpc) is 2.46. The first kappa shape index (κ1) is 14.5. The highest BCUT2D eigenvalue weighted by Gasteiger charge is 2.20. The first-order valence-electron chi connectivity index (χ1n) is 6.50. The lowest BCUT2D eigenvalue weighted by Crippen LogP contribution is -2.20. The van der Waals surface area contributed by atoms with Crippen molar-refractivity contribution >= 4 is 27.3 Å². The molecule has 8 heteroatoms. The molecule has 0 saturated heterocycles. The number of hydrogen-bond acceptors (Lipinski definition) is 4. The fraction of sp³-hybridized carbons (Fsp3) is 0.143. The molecule has 0 unspecified atom stereocenters. The van der Waals surface area contributed by atoms with E-state index < -0.39 is 15.8 Å². The second-order valence-corrected chi connectivity index (χ2v) is 6.55. The van der Waals surface area contributed by atoms with Gasteiger partial charge in [-0.05, 0) is 30.2 Å². The van der Waals surface area contributed by atoms with E-state index in [1.807, 2.05) is 0 Å². The standard InChI is InChI=1S/C14H12FN3O3S/c15-10-6-11(8-16-7-10)18-22(20,21)12-2-3-13-9(5-12)1-4-14(19)17-13/h2-3,5-8,18H,1,4H2,(H,17,19). The highest BCUT2D eigenvalue weighted by atomic mass is 32.2. The third-order valence-corrected chi connectivity index (χ3v) is 4.62. The van der Waals surface area contributed by atoms with E-state index in [2.05, 4.69) is 15.0 Å². The number of rotatable bonds is 3. The number of anilines is 2. The zero-order valence-electron chi connectivity index (χ0n) is 11.3. The van der Waals surface area contributed by atoms with E-state index >= 15 is 0 Å². The second-order valence-electron chi connectivity index (χ2n) is 4.86. The second kappa shape index (κ2) is 5.38. The van der Waals surface area contributed by atoms with E-state index in [0.29, 0.717) is 18.5 Å². The van der Waals surface area contributed by atoms with Crippen molar-refractivity contribution in [2.75, 3.05) is 10.0 Å². The first-order valence-corrected chi connectivity index (χ1v) is 7.98. The Labute approximate surface area is 126 Å². The van der Waals surface area contributed by atoms with E-state index in [0.717, 1.165) is 17.8 Å². The van der Waals surface area contributed by atoms with Crippen LogP contribution in [-0.4, -0.2) is 19.3 Å². The van der Waals surface area contributed by atoms with Crippen molar-refractivity contribution < 1.29 is 17.6 Å². The van der Waals surface area contributed by atoms with E-state index in [1.165, 1.54) is 18.3 Å². The Morgan fingerprint density at radius 2 is 2.00 bits per heavy atom. The highest BCUT2D eigenvalue weighted by Crippen LogP contribution is 2.26. The van der Waals surface area contributed by atoms with Crippen molar-refractivity contribution in [2.24, 2.45) is 0 Å². The van der Waals surface area contributed by atoms with Crippen LogP contribution in [0.4, 0.5) is 15.8 Å². The number of amides is 1. The molecular weight excluding hydrogens is 309 g/mol. The van der Waals surface area contributed by atoms with Crippen molar-refractivity contribution in [3.8, 4) is 0 Å². The van der Waals surface area contributed by atoms with Gasteiger partial charge in [-0.1, -0.05) is 0 Å². The summed E-state index contributed by atoms with van der Waals surface area (Å²) in [6.07, 6.45) is 3.00. The molecule has 0 fully saturated rings. The van der Waals surface area contributed by atoms with Gasteiger partial charge in [0, 0.05) is 18.2 Å². The van der Waals surface area contributed by atoms with Crippen LogP contribution in [0.15, 0.2) is 41.6 Å². The lowest BCUT2D eigenvalue weighted by Gasteiger charge is -2.17. The molecule has 1 aliphatic rings. The van der Waals surface area contributed by atoms with Crippen LogP contribution in [-0.2, 0) is 21.2 Å². The van der Waals surface area contributed by atoms with E-state index in [4.69, 9.17) is 0 Å². The predicted molar refractivity (Wildman–Crippen MR) is 78.4 cm³/mol. The normalized spacial score (nSPS) is 14.1. The Kier molecular flexibility index (Phi) is 3.53. The van der Waals surface area contributed by atoms with Crippen LogP contribution in [0.1, 0.15) is 12.0 Å². The summed E-state index contributed by atoms with van der Waals surface area (Å²) in [5.41, 5.74) is 1.41. The minimum Gasteiger partial charge on any atom is -0.326 e. The number of nitrogens with one attached hydrogen (secondary N) is 2. The van der Waals surface area contributed by atoms with Gasteiger partial charge in [0.15, 0.2) is 0 Å². The summed E-state index contributed by atoms with van der Waals surface area (Å²) in [6, 6.07) is 5.48. The molecule has 1 aromatic heterocycles. The third-order valence-electron chi connectivity index (χ3n) is 3.24. The molecule has 3 rings (SSSR count). The minimum atomic E-state index is -3.85. The third kappa shape index (κ3) is 2.91. The van der Waals surface area contributed by atoms with Crippen LogP contribution in [0.3, 0.4) is 0 Å². The first-order chi connectivity index (χ1) is 10.4. The molecule has 114 valence electrons. The molecule has 0 saturated carbocycles. The van der Waals surface area contributed by atoms with Gasteiger partial charge in [-0.3, -0.25) is 14.5 Å². The summed E-state index contributed by atoms with van der Waals surface area (Å²) in [5.74, 6) is -0.722. The fourth-order valence-electron chi connectivity index (χ4n) is 2.21. The van der Waals surface area contributed by atoms with Gasteiger partial charge in [-0.2, -0.15) is 0 Å². The maximum Gasteiger partial charge on any atom is 0.261 e. The monoisotopic (exact) mass is 321 g/mol. The van der Waals surface area contributed by atoms with Crippen LogP contribution in [0, 0.1) is 5.82 Å².